The van der Waals surface area contributed by atoms with Crippen LogP contribution in [0.25, 0.3) is 0 Å². The number of thiophene rings is 1. The highest BCUT2D eigenvalue weighted by molar-refractivity contribution is 7.10. The predicted octanol–water partition coefficient (Wildman–Crippen LogP) is 2.78. The van der Waals surface area contributed by atoms with E-state index in [9.17, 15) is 9.59 Å². The molecule has 1 aromatic heterocycles. The number of carbonyl (C=O) groups is 2. The van der Waals surface area contributed by atoms with Crippen molar-refractivity contribution < 1.29 is 14.5 Å². The lowest BCUT2D eigenvalue weighted by atomic mass is 9.99. The van der Waals surface area contributed by atoms with Crippen LogP contribution in [0.1, 0.15) is 59.4 Å². The van der Waals surface area contributed by atoms with Crippen molar-refractivity contribution in [1.29, 1.82) is 0 Å². The monoisotopic (exact) mass is 355 g/mol. The summed E-state index contributed by atoms with van der Waals surface area (Å²) in [5.74, 6) is -0.390. The molecule has 5 heteroatoms. The van der Waals surface area contributed by atoms with E-state index in [2.05, 4.69) is 31.4 Å². The van der Waals surface area contributed by atoms with Gasteiger partial charge in [-0.3, -0.25) is 14.5 Å². The molecule has 2 aromatic rings. The number of carbonyl (C=O) groups excluding carboxylic acids is 2. The first-order chi connectivity index (χ1) is 12.1. The number of hydrogen-bond donors (Lipinski definition) is 1. The number of anilines is 1. The lowest BCUT2D eigenvalue weighted by Crippen LogP contribution is -3.12. The van der Waals surface area contributed by atoms with Gasteiger partial charge in [0.1, 0.15) is 6.04 Å². The number of quaternary nitrogens is 1. The quantitative estimate of drug-likeness (QED) is 0.857. The third kappa shape index (κ3) is 2.81. The standard InChI is InChI=1S/C20H22N2O2S/c1-13(2)14-7-8-16-15(11-14)19(23)20(24)22(16)12-21-9-3-5-17(21)18-6-4-10-25-18/h4,6-8,10-11,13,17H,3,5,9,12H2,1-2H3/p+1/t17-/m0/s1. The van der Waals surface area contributed by atoms with Gasteiger partial charge in [-0.2, -0.15) is 0 Å². The Bertz CT molecular complexity index is 813. The fourth-order valence-electron chi connectivity index (χ4n) is 3.97. The van der Waals surface area contributed by atoms with Crippen molar-refractivity contribution in [2.75, 3.05) is 18.1 Å². The minimum absolute atomic E-state index is 0.342. The number of benzene rings is 1. The second kappa shape index (κ2) is 6.39. The van der Waals surface area contributed by atoms with Gasteiger partial charge in [-0.05, 0) is 35.1 Å². The molecular weight excluding hydrogens is 332 g/mol. The molecule has 3 heterocycles. The Balaban J connectivity index is 1.61. The van der Waals surface area contributed by atoms with E-state index in [-0.39, 0.29) is 11.7 Å². The number of hydrogen-bond acceptors (Lipinski definition) is 3. The van der Waals surface area contributed by atoms with E-state index in [1.165, 1.54) is 9.78 Å². The Labute approximate surface area is 152 Å². The van der Waals surface area contributed by atoms with Gasteiger partial charge in [0.05, 0.1) is 22.7 Å². The molecule has 25 heavy (non-hydrogen) atoms. The topological polar surface area (TPSA) is 41.8 Å². The van der Waals surface area contributed by atoms with E-state index in [4.69, 9.17) is 0 Å². The fourth-order valence-corrected chi connectivity index (χ4v) is 4.89. The van der Waals surface area contributed by atoms with Gasteiger partial charge in [-0.1, -0.05) is 26.0 Å². The molecule has 2 aliphatic rings. The summed E-state index contributed by atoms with van der Waals surface area (Å²) >= 11 is 1.78. The van der Waals surface area contributed by atoms with Gasteiger partial charge in [0.2, 0.25) is 0 Å². The summed E-state index contributed by atoms with van der Waals surface area (Å²) in [6.45, 7) is 5.81. The molecule has 0 saturated carbocycles. The maximum atomic E-state index is 12.6. The molecule has 0 bridgehead atoms. The molecule has 2 atom stereocenters. The summed E-state index contributed by atoms with van der Waals surface area (Å²) in [4.78, 5) is 29.5. The second-order valence-corrected chi connectivity index (χ2v) is 8.25. The van der Waals surface area contributed by atoms with E-state index in [0.717, 1.165) is 30.6 Å². The minimum atomic E-state index is -0.375. The van der Waals surface area contributed by atoms with Crippen LogP contribution in [0.2, 0.25) is 0 Å². The van der Waals surface area contributed by atoms with Crippen molar-refractivity contribution >= 4 is 28.7 Å². The molecule has 1 N–H and O–H groups in total. The molecule has 4 nitrogen and oxygen atoms in total. The van der Waals surface area contributed by atoms with Gasteiger partial charge < -0.3 is 4.90 Å². The lowest BCUT2D eigenvalue weighted by molar-refractivity contribution is -0.916. The van der Waals surface area contributed by atoms with Crippen molar-refractivity contribution in [2.45, 2.75) is 38.6 Å². The second-order valence-electron chi connectivity index (χ2n) is 7.27. The molecule has 0 radical (unpaired) electrons. The molecule has 0 spiro atoms. The normalized spacial score (nSPS) is 22.9. The number of nitrogens with one attached hydrogen (secondary N) is 1. The summed E-state index contributed by atoms with van der Waals surface area (Å²) < 4.78 is 0. The summed E-state index contributed by atoms with van der Waals surface area (Å²) in [6, 6.07) is 10.6. The van der Waals surface area contributed by atoms with E-state index in [1.54, 1.807) is 16.2 Å². The highest BCUT2D eigenvalue weighted by Gasteiger charge is 2.40. The van der Waals surface area contributed by atoms with Crippen LogP contribution in [0.15, 0.2) is 35.7 Å². The first kappa shape index (κ1) is 16.5. The molecule has 1 unspecified atom stereocenters. The summed E-state index contributed by atoms with van der Waals surface area (Å²) in [6.07, 6.45) is 2.30. The lowest BCUT2D eigenvalue weighted by Gasteiger charge is -2.26. The molecule has 2 aliphatic heterocycles. The van der Waals surface area contributed by atoms with Gasteiger partial charge in [0.25, 0.3) is 5.78 Å². The van der Waals surface area contributed by atoms with Crippen LogP contribution in [-0.4, -0.2) is 24.9 Å². The first-order valence-corrected chi connectivity index (χ1v) is 9.82. The van der Waals surface area contributed by atoms with Crippen LogP contribution < -0.4 is 9.80 Å². The summed E-state index contributed by atoms with van der Waals surface area (Å²) in [5.41, 5.74) is 2.46. The molecule has 1 fully saturated rings. The number of ketones is 1. The Morgan fingerprint density at radius 3 is 2.84 bits per heavy atom. The molecule has 0 aliphatic carbocycles. The molecule has 130 valence electrons. The Morgan fingerprint density at radius 1 is 1.28 bits per heavy atom. The van der Waals surface area contributed by atoms with Crippen molar-refractivity contribution in [3.8, 4) is 0 Å². The third-order valence-corrected chi connectivity index (χ3v) is 6.38. The smallest absolute Gasteiger partial charge is 0.303 e. The predicted molar refractivity (Wildman–Crippen MR) is 99.3 cm³/mol. The Hall–Kier alpha value is -1.98. The van der Waals surface area contributed by atoms with Crippen LogP contribution in [-0.2, 0) is 4.79 Å². The van der Waals surface area contributed by atoms with Crippen LogP contribution in [0.5, 0.6) is 0 Å². The first-order valence-electron chi connectivity index (χ1n) is 8.94. The molecule has 1 saturated heterocycles. The third-order valence-electron chi connectivity index (χ3n) is 5.39. The van der Waals surface area contributed by atoms with Gasteiger partial charge in [-0.15, -0.1) is 11.3 Å². The van der Waals surface area contributed by atoms with Gasteiger partial charge in [-0.25, -0.2) is 0 Å². The fraction of sp³-hybridized carbons (Fsp3) is 0.400. The van der Waals surface area contributed by atoms with E-state index in [0.29, 0.717) is 24.2 Å². The van der Waals surface area contributed by atoms with Crippen molar-refractivity contribution in [1.82, 2.24) is 0 Å². The van der Waals surface area contributed by atoms with E-state index in [1.807, 2.05) is 18.2 Å². The van der Waals surface area contributed by atoms with E-state index < -0.39 is 0 Å². The number of Topliss-reactive ketones (excluding diaryl/α,β-unsaturated/α-hetero) is 1. The van der Waals surface area contributed by atoms with Crippen LogP contribution in [0.4, 0.5) is 5.69 Å². The number of likely N-dealkylation sites (tertiary alicyclic amines) is 1. The maximum absolute atomic E-state index is 12.6. The Morgan fingerprint density at radius 2 is 2.12 bits per heavy atom. The molecule has 1 aromatic carbocycles. The van der Waals surface area contributed by atoms with Gasteiger partial charge >= 0.3 is 5.91 Å². The number of amides is 1. The maximum Gasteiger partial charge on any atom is 0.303 e. The minimum Gasteiger partial charge on any atom is -0.311 e. The van der Waals surface area contributed by atoms with Crippen molar-refractivity contribution in [3.05, 3.63) is 51.7 Å². The van der Waals surface area contributed by atoms with Gasteiger partial charge in [0, 0.05) is 12.8 Å². The number of nitrogens with zero attached hydrogens (tertiary/aromatic N) is 1. The zero-order valence-electron chi connectivity index (χ0n) is 14.6. The average Bonchev–Trinajstić information content (AvgIpc) is 3.32. The average molecular weight is 355 g/mol. The molecule has 1 amide bonds. The summed E-state index contributed by atoms with van der Waals surface area (Å²) in [5, 5.41) is 2.11. The van der Waals surface area contributed by atoms with Crippen molar-refractivity contribution in [3.63, 3.8) is 0 Å². The molecule has 4 rings (SSSR count). The van der Waals surface area contributed by atoms with Gasteiger partial charge in [0.15, 0.2) is 6.67 Å². The number of fused-ring (bicyclic) bond motifs is 1. The van der Waals surface area contributed by atoms with Crippen LogP contribution in [0.3, 0.4) is 0 Å². The van der Waals surface area contributed by atoms with Crippen molar-refractivity contribution in [2.24, 2.45) is 0 Å². The largest absolute Gasteiger partial charge is 0.311 e. The zero-order chi connectivity index (χ0) is 17.6. The summed E-state index contributed by atoms with van der Waals surface area (Å²) in [7, 11) is 0. The SMILES string of the molecule is CC(C)c1ccc2c(c1)C(=O)C(=O)N2C[NH+]1CCC[C@H]1c1cccs1. The zero-order valence-corrected chi connectivity index (χ0v) is 15.4. The highest BCUT2D eigenvalue weighted by Crippen LogP contribution is 2.31. The highest BCUT2D eigenvalue weighted by atomic mass is 32.1. The van der Waals surface area contributed by atoms with Crippen LogP contribution >= 0.6 is 11.3 Å². The van der Waals surface area contributed by atoms with Crippen LogP contribution in [0, 0.1) is 0 Å². The Kier molecular flexibility index (Phi) is 4.21. The number of rotatable bonds is 4. The van der Waals surface area contributed by atoms with E-state index >= 15 is 0 Å². The molecular formula is C20H23N2O2S+.